The Morgan fingerprint density at radius 2 is 2.43 bits per heavy atom. The van der Waals surface area contributed by atoms with Crippen molar-refractivity contribution in [2.75, 3.05) is 6.61 Å². The molecule has 0 saturated heterocycles. The first-order valence-electron chi connectivity index (χ1n) is 5.03. The van der Waals surface area contributed by atoms with Crippen molar-refractivity contribution in [2.24, 2.45) is 5.92 Å². The lowest BCUT2D eigenvalue weighted by Gasteiger charge is -2.04. The van der Waals surface area contributed by atoms with Gasteiger partial charge in [0.25, 0.3) is 0 Å². The van der Waals surface area contributed by atoms with Gasteiger partial charge < -0.3 is 9.53 Å². The third kappa shape index (κ3) is 1.79. The summed E-state index contributed by atoms with van der Waals surface area (Å²) in [6, 6.07) is 8.04. The molecule has 0 aromatic heterocycles. The van der Waals surface area contributed by atoms with Crippen molar-refractivity contribution in [1.82, 2.24) is 0 Å². The fourth-order valence-corrected chi connectivity index (χ4v) is 1.75. The van der Waals surface area contributed by atoms with Crippen LogP contribution in [0.3, 0.4) is 0 Å². The number of hydrogen-bond acceptors (Lipinski definition) is 2. The zero-order chi connectivity index (χ0) is 9.97. The van der Waals surface area contributed by atoms with Gasteiger partial charge in [0.05, 0.1) is 6.61 Å². The van der Waals surface area contributed by atoms with Crippen LogP contribution in [-0.4, -0.2) is 12.9 Å². The third-order valence-electron chi connectivity index (χ3n) is 2.61. The highest BCUT2D eigenvalue weighted by atomic mass is 16.5. The van der Waals surface area contributed by atoms with Gasteiger partial charge in [-0.3, -0.25) is 0 Å². The van der Waals surface area contributed by atoms with Crippen LogP contribution in [0.15, 0.2) is 24.3 Å². The van der Waals surface area contributed by atoms with Crippen LogP contribution in [0.2, 0.25) is 0 Å². The lowest BCUT2D eigenvalue weighted by Crippen LogP contribution is -1.92. The summed E-state index contributed by atoms with van der Waals surface area (Å²) in [5.41, 5.74) is 1.23. The Hall–Kier alpha value is -1.31. The minimum Gasteiger partial charge on any atom is -0.494 e. The zero-order valence-electron chi connectivity index (χ0n) is 8.27. The van der Waals surface area contributed by atoms with Crippen LogP contribution in [-0.2, 0) is 4.79 Å². The van der Waals surface area contributed by atoms with Crippen molar-refractivity contribution in [3.63, 3.8) is 0 Å². The molecular weight excluding hydrogens is 176 g/mol. The monoisotopic (exact) mass is 190 g/mol. The van der Waals surface area contributed by atoms with Crippen molar-refractivity contribution in [3.8, 4) is 5.75 Å². The Bertz CT molecular complexity index is 333. The normalized spacial score (nSPS) is 24.4. The second-order valence-electron chi connectivity index (χ2n) is 3.65. The van der Waals surface area contributed by atoms with Gasteiger partial charge >= 0.3 is 0 Å². The lowest BCUT2D eigenvalue weighted by atomic mass is 10.1. The highest BCUT2D eigenvalue weighted by molar-refractivity contribution is 5.61. The zero-order valence-corrected chi connectivity index (χ0v) is 8.27. The first-order valence-corrected chi connectivity index (χ1v) is 5.03. The van der Waals surface area contributed by atoms with E-state index in [0.717, 1.165) is 18.5 Å². The van der Waals surface area contributed by atoms with Gasteiger partial charge in [-0.15, -0.1) is 0 Å². The van der Waals surface area contributed by atoms with E-state index in [-0.39, 0.29) is 5.92 Å². The minimum absolute atomic E-state index is 0.242. The Morgan fingerprint density at radius 3 is 3.07 bits per heavy atom. The summed E-state index contributed by atoms with van der Waals surface area (Å²) in [6.07, 6.45) is 2.05. The van der Waals surface area contributed by atoms with Gasteiger partial charge in [-0.1, -0.05) is 12.1 Å². The predicted molar refractivity (Wildman–Crippen MR) is 54.5 cm³/mol. The maximum absolute atomic E-state index is 10.5. The van der Waals surface area contributed by atoms with E-state index in [4.69, 9.17) is 4.74 Å². The number of rotatable bonds is 4. The molecule has 0 aliphatic heterocycles. The molecule has 0 heterocycles. The van der Waals surface area contributed by atoms with E-state index in [1.165, 1.54) is 5.56 Å². The summed E-state index contributed by atoms with van der Waals surface area (Å²) >= 11 is 0. The highest BCUT2D eigenvalue weighted by Gasteiger charge is 2.37. The van der Waals surface area contributed by atoms with E-state index < -0.39 is 0 Å². The average Bonchev–Trinajstić information content (AvgIpc) is 2.98. The fourth-order valence-electron chi connectivity index (χ4n) is 1.75. The first kappa shape index (κ1) is 9.25. The van der Waals surface area contributed by atoms with Gasteiger partial charge in [-0.05, 0) is 37.0 Å². The van der Waals surface area contributed by atoms with Crippen LogP contribution in [0, 0.1) is 5.92 Å². The number of benzene rings is 1. The molecule has 14 heavy (non-hydrogen) atoms. The van der Waals surface area contributed by atoms with E-state index >= 15 is 0 Å². The van der Waals surface area contributed by atoms with Crippen molar-refractivity contribution in [3.05, 3.63) is 29.8 Å². The molecule has 2 heteroatoms. The number of aldehydes is 1. The number of ether oxygens (including phenoxy) is 1. The van der Waals surface area contributed by atoms with Crippen LogP contribution >= 0.6 is 0 Å². The molecular formula is C12H14O2. The smallest absolute Gasteiger partial charge is 0.123 e. The van der Waals surface area contributed by atoms with Crippen LogP contribution in [0.25, 0.3) is 0 Å². The molecule has 0 bridgehead atoms. The number of hydrogen-bond donors (Lipinski definition) is 0. The van der Waals surface area contributed by atoms with Gasteiger partial charge in [0.1, 0.15) is 12.0 Å². The van der Waals surface area contributed by atoms with Crippen LogP contribution in [0.4, 0.5) is 0 Å². The molecule has 74 valence electrons. The summed E-state index contributed by atoms with van der Waals surface area (Å²) in [5, 5.41) is 0. The van der Waals surface area contributed by atoms with Crippen molar-refractivity contribution in [2.45, 2.75) is 19.3 Å². The van der Waals surface area contributed by atoms with Crippen molar-refractivity contribution >= 4 is 6.29 Å². The summed E-state index contributed by atoms with van der Waals surface area (Å²) in [7, 11) is 0. The SMILES string of the molecule is CCOc1cccc([C@@H]2C[C@@H]2C=O)c1. The maximum atomic E-state index is 10.5. The molecule has 1 aromatic rings. The number of carbonyl (C=O) groups is 1. The Labute approximate surface area is 83.9 Å². The van der Waals surface area contributed by atoms with Crippen molar-refractivity contribution < 1.29 is 9.53 Å². The lowest BCUT2D eigenvalue weighted by molar-refractivity contribution is -0.108. The molecule has 1 saturated carbocycles. The molecule has 0 radical (unpaired) electrons. The maximum Gasteiger partial charge on any atom is 0.123 e. The van der Waals surface area contributed by atoms with Gasteiger partial charge in [-0.2, -0.15) is 0 Å². The minimum atomic E-state index is 0.242. The molecule has 2 nitrogen and oxygen atoms in total. The quantitative estimate of drug-likeness (QED) is 0.681. The van der Waals surface area contributed by atoms with E-state index in [1.54, 1.807) is 0 Å². The highest BCUT2D eigenvalue weighted by Crippen LogP contribution is 2.46. The predicted octanol–water partition coefficient (Wildman–Crippen LogP) is 2.39. The molecule has 1 aromatic carbocycles. The topological polar surface area (TPSA) is 26.3 Å². The van der Waals surface area contributed by atoms with Gasteiger partial charge in [0.2, 0.25) is 0 Å². The summed E-state index contributed by atoms with van der Waals surface area (Å²) in [6.45, 7) is 2.66. The average molecular weight is 190 g/mol. The molecule has 1 fully saturated rings. The molecule has 0 spiro atoms. The molecule has 0 amide bonds. The summed E-state index contributed by atoms with van der Waals surface area (Å²) in [5.74, 6) is 1.58. The summed E-state index contributed by atoms with van der Waals surface area (Å²) in [4.78, 5) is 10.5. The molecule has 1 aliphatic rings. The van der Waals surface area contributed by atoms with Gasteiger partial charge in [0.15, 0.2) is 0 Å². The third-order valence-corrected chi connectivity index (χ3v) is 2.61. The molecule has 1 aliphatic carbocycles. The van der Waals surface area contributed by atoms with Crippen LogP contribution in [0.1, 0.15) is 24.8 Å². The Balaban J connectivity index is 2.11. The Kier molecular flexibility index (Phi) is 2.53. The van der Waals surface area contributed by atoms with Crippen molar-refractivity contribution in [1.29, 1.82) is 0 Å². The standard InChI is InChI=1S/C12H14O2/c1-2-14-11-5-3-4-9(6-11)12-7-10(12)8-13/h3-6,8,10,12H,2,7H2,1H3/t10-,12+/m1/s1. The largest absolute Gasteiger partial charge is 0.494 e. The molecule has 2 atom stereocenters. The second-order valence-corrected chi connectivity index (χ2v) is 3.65. The van der Waals surface area contributed by atoms with E-state index in [1.807, 2.05) is 25.1 Å². The van der Waals surface area contributed by atoms with E-state index in [2.05, 4.69) is 6.07 Å². The first-order chi connectivity index (χ1) is 6.85. The van der Waals surface area contributed by atoms with Gasteiger partial charge in [0, 0.05) is 5.92 Å². The molecule has 0 unspecified atom stereocenters. The molecule has 0 N–H and O–H groups in total. The number of carbonyl (C=O) groups excluding carboxylic acids is 1. The van der Waals surface area contributed by atoms with Crippen LogP contribution < -0.4 is 4.74 Å². The Morgan fingerprint density at radius 1 is 1.57 bits per heavy atom. The summed E-state index contributed by atoms with van der Waals surface area (Å²) < 4.78 is 5.40. The van der Waals surface area contributed by atoms with Gasteiger partial charge in [-0.25, -0.2) is 0 Å². The molecule has 2 rings (SSSR count). The van der Waals surface area contributed by atoms with Crippen LogP contribution in [0.5, 0.6) is 5.75 Å². The van der Waals surface area contributed by atoms with E-state index in [9.17, 15) is 4.79 Å². The fraction of sp³-hybridized carbons (Fsp3) is 0.417. The van der Waals surface area contributed by atoms with E-state index in [0.29, 0.717) is 12.5 Å². The second kappa shape index (κ2) is 3.82.